The number of ether oxygens (including phenoxy) is 1. The molecule has 5 aromatic rings. The molecule has 0 bridgehead atoms. The van der Waals surface area contributed by atoms with E-state index in [1.807, 2.05) is 24.3 Å². The van der Waals surface area contributed by atoms with Crippen LogP contribution in [0, 0.1) is 23.0 Å². The maximum atomic E-state index is 15.5. The average molecular weight is 592 g/mol. The Morgan fingerprint density at radius 3 is 2.77 bits per heavy atom. The molecule has 0 radical (unpaired) electrons. The summed E-state index contributed by atoms with van der Waals surface area (Å²) in [7, 11) is 2.11. The largest absolute Gasteiger partial charge is 0.489 e. The first kappa shape index (κ1) is 27.5. The molecule has 0 saturated carbocycles. The molecule has 2 aromatic heterocycles. The van der Waals surface area contributed by atoms with Crippen LogP contribution >= 0.6 is 0 Å². The van der Waals surface area contributed by atoms with Crippen LogP contribution < -0.4 is 15.0 Å². The monoisotopic (exact) mass is 591 g/mol. The summed E-state index contributed by atoms with van der Waals surface area (Å²) in [4.78, 5) is 21.1. The average Bonchev–Trinajstić information content (AvgIpc) is 3.43. The summed E-state index contributed by atoms with van der Waals surface area (Å²) in [5.74, 6) is -1.51. The van der Waals surface area contributed by atoms with Crippen LogP contribution in [0.5, 0.6) is 5.75 Å². The molecule has 0 spiro atoms. The topological polar surface area (TPSA) is 110 Å². The Labute approximate surface area is 251 Å². The van der Waals surface area contributed by atoms with Crippen molar-refractivity contribution in [3.05, 3.63) is 89.8 Å². The summed E-state index contributed by atoms with van der Waals surface area (Å²) in [5.41, 5.74) is 3.35. The number of hydrogen-bond donors (Lipinski definition) is 2. The lowest BCUT2D eigenvalue weighted by atomic mass is 9.95. The lowest BCUT2D eigenvalue weighted by molar-refractivity contribution is -0.115. The number of piperazine rings is 1. The van der Waals surface area contributed by atoms with E-state index in [9.17, 15) is 10.1 Å². The minimum Gasteiger partial charge on any atom is -0.489 e. The van der Waals surface area contributed by atoms with Gasteiger partial charge in [0.25, 0.3) is 0 Å². The highest BCUT2D eigenvalue weighted by atomic mass is 19.1. The van der Waals surface area contributed by atoms with Gasteiger partial charge in [0, 0.05) is 54.2 Å². The highest BCUT2D eigenvalue weighted by Crippen LogP contribution is 2.41. The number of carbonyl (C=O) groups excluding carboxylic acids is 1. The molecule has 44 heavy (non-hydrogen) atoms. The van der Waals surface area contributed by atoms with Crippen LogP contribution in [-0.4, -0.2) is 65.3 Å². The number of fused-ring (bicyclic) bond motifs is 4. The third-order valence-electron chi connectivity index (χ3n) is 8.16. The fourth-order valence-corrected chi connectivity index (χ4v) is 6.05. The van der Waals surface area contributed by atoms with Crippen molar-refractivity contribution in [2.24, 2.45) is 0 Å². The molecule has 2 aliphatic heterocycles. The zero-order valence-corrected chi connectivity index (χ0v) is 23.8. The van der Waals surface area contributed by atoms with E-state index in [-0.39, 0.29) is 34.8 Å². The van der Waals surface area contributed by atoms with Gasteiger partial charge in [-0.1, -0.05) is 12.1 Å². The number of amides is 1. The summed E-state index contributed by atoms with van der Waals surface area (Å²) in [5, 5.41) is 20.5. The third kappa shape index (κ3) is 4.99. The molecule has 3 aromatic carbocycles. The van der Waals surface area contributed by atoms with Crippen LogP contribution in [0.3, 0.4) is 0 Å². The lowest BCUT2D eigenvalue weighted by Crippen LogP contribution is -2.56. The number of aromatic nitrogens is 3. The number of anilines is 2. The molecule has 4 heterocycles. The van der Waals surface area contributed by atoms with Gasteiger partial charge in [0.15, 0.2) is 0 Å². The molecule has 220 valence electrons. The Hall–Kier alpha value is -5.34. The second-order valence-corrected chi connectivity index (χ2v) is 11.1. The number of H-pyrrole nitrogens is 1. The SMILES string of the molecule is CN1CCN2c3ccc(-c4n[nH]c5cc(C#N)c(-c6c(F)cc(NC(=O)Cc7cccnc7)cc6F)cc45)cc3OCC2C1. The number of aromatic amines is 1. The first-order valence-corrected chi connectivity index (χ1v) is 14.2. The first-order chi connectivity index (χ1) is 21.4. The molecule has 2 N–H and O–H groups in total. The van der Waals surface area contributed by atoms with Crippen LogP contribution in [0.25, 0.3) is 33.3 Å². The molecule has 0 aliphatic carbocycles. The summed E-state index contributed by atoms with van der Waals surface area (Å²) >= 11 is 0. The Balaban J connectivity index is 1.22. The normalized spacial score (nSPS) is 16.1. The van der Waals surface area contributed by atoms with E-state index in [2.05, 4.69) is 37.3 Å². The van der Waals surface area contributed by atoms with E-state index >= 15 is 8.78 Å². The van der Waals surface area contributed by atoms with Crippen LogP contribution in [0.15, 0.2) is 67.0 Å². The fourth-order valence-electron chi connectivity index (χ4n) is 6.05. The minimum atomic E-state index is -0.911. The molecule has 1 amide bonds. The summed E-state index contributed by atoms with van der Waals surface area (Å²) in [6, 6.07) is 16.9. The summed E-state index contributed by atoms with van der Waals surface area (Å²) < 4.78 is 37.2. The van der Waals surface area contributed by atoms with E-state index in [0.717, 1.165) is 48.8 Å². The van der Waals surface area contributed by atoms with Crippen molar-refractivity contribution in [2.45, 2.75) is 12.5 Å². The maximum absolute atomic E-state index is 15.5. The molecular formula is C33H27F2N7O2. The fraction of sp³-hybridized carbons (Fsp3) is 0.212. The predicted molar refractivity (Wildman–Crippen MR) is 162 cm³/mol. The second-order valence-electron chi connectivity index (χ2n) is 11.1. The number of pyridine rings is 1. The summed E-state index contributed by atoms with van der Waals surface area (Å²) in [6.07, 6.45) is 3.14. The predicted octanol–water partition coefficient (Wildman–Crippen LogP) is 5.14. The first-order valence-electron chi connectivity index (χ1n) is 14.2. The van der Waals surface area contributed by atoms with E-state index in [1.54, 1.807) is 30.6 Å². The quantitative estimate of drug-likeness (QED) is 0.291. The third-order valence-corrected chi connectivity index (χ3v) is 8.16. The van der Waals surface area contributed by atoms with Crippen molar-refractivity contribution in [1.82, 2.24) is 20.1 Å². The highest BCUT2D eigenvalue weighted by molar-refractivity contribution is 5.98. The molecule has 11 heteroatoms. The van der Waals surface area contributed by atoms with Gasteiger partial charge in [0.05, 0.1) is 40.9 Å². The van der Waals surface area contributed by atoms with Gasteiger partial charge in [-0.2, -0.15) is 10.4 Å². The molecular weight excluding hydrogens is 564 g/mol. The maximum Gasteiger partial charge on any atom is 0.228 e. The molecule has 9 nitrogen and oxygen atoms in total. The van der Waals surface area contributed by atoms with Gasteiger partial charge >= 0.3 is 0 Å². The highest BCUT2D eigenvalue weighted by Gasteiger charge is 2.32. The lowest BCUT2D eigenvalue weighted by Gasteiger charge is -2.44. The second kappa shape index (κ2) is 11.1. The molecule has 1 unspecified atom stereocenters. The Bertz CT molecular complexity index is 1930. The van der Waals surface area contributed by atoms with Gasteiger partial charge in [-0.05, 0) is 55.1 Å². The number of hydrogen-bond acceptors (Lipinski definition) is 7. The standard InChI is InChI=1S/C33H27F2N7O2/c1-41-7-8-42-23(17-41)18-44-30-11-20(4-5-29(30)42)33-25-14-24(21(15-36)10-28(25)39-40-33)32-26(34)12-22(13-27(32)35)38-31(43)9-19-3-2-6-37-16-19/h2-6,10-14,16,23H,7-9,17-18H2,1H3,(H,38,43)(H,39,40). The zero-order chi connectivity index (χ0) is 30.4. The number of halogens is 2. The molecule has 1 saturated heterocycles. The van der Waals surface area contributed by atoms with Crippen LogP contribution in [0.2, 0.25) is 0 Å². The van der Waals surface area contributed by atoms with Crippen molar-refractivity contribution in [2.75, 3.05) is 43.5 Å². The van der Waals surface area contributed by atoms with E-state index < -0.39 is 17.5 Å². The number of nitrogens with zero attached hydrogens (tertiary/aromatic N) is 5. The van der Waals surface area contributed by atoms with Gasteiger partial charge in [-0.25, -0.2) is 8.78 Å². The number of carbonyl (C=O) groups is 1. The van der Waals surface area contributed by atoms with E-state index in [4.69, 9.17) is 4.74 Å². The van der Waals surface area contributed by atoms with Crippen molar-refractivity contribution >= 4 is 28.2 Å². The van der Waals surface area contributed by atoms with Crippen LogP contribution in [0.4, 0.5) is 20.2 Å². The molecule has 1 atom stereocenters. The van der Waals surface area contributed by atoms with Gasteiger partial charge in [-0.3, -0.25) is 14.9 Å². The Morgan fingerprint density at radius 2 is 2.00 bits per heavy atom. The summed E-state index contributed by atoms with van der Waals surface area (Å²) in [6.45, 7) is 3.39. The van der Waals surface area contributed by atoms with Gasteiger partial charge in [0.2, 0.25) is 5.91 Å². The minimum absolute atomic E-state index is 0.00103. The van der Waals surface area contributed by atoms with E-state index in [0.29, 0.717) is 28.8 Å². The molecule has 2 aliphatic rings. The van der Waals surface area contributed by atoms with Gasteiger partial charge in [-0.15, -0.1) is 0 Å². The number of likely N-dealkylation sites (N-methyl/N-ethyl adjacent to an activating group) is 1. The van der Waals surface area contributed by atoms with E-state index in [1.165, 1.54) is 6.07 Å². The van der Waals surface area contributed by atoms with Crippen molar-refractivity contribution in [3.8, 4) is 34.2 Å². The zero-order valence-electron chi connectivity index (χ0n) is 23.8. The van der Waals surface area contributed by atoms with Gasteiger partial charge < -0.3 is 19.9 Å². The molecule has 7 rings (SSSR count). The number of nitriles is 1. The van der Waals surface area contributed by atoms with Gasteiger partial charge in [0.1, 0.15) is 29.7 Å². The van der Waals surface area contributed by atoms with Crippen LogP contribution in [-0.2, 0) is 11.2 Å². The molecule has 1 fully saturated rings. The smallest absolute Gasteiger partial charge is 0.228 e. The van der Waals surface area contributed by atoms with Crippen molar-refractivity contribution < 1.29 is 18.3 Å². The van der Waals surface area contributed by atoms with Crippen molar-refractivity contribution in [1.29, 1.82) is 5.26 Å². The van der Waals surface area contributed by atoms with Crippen molar-refractivity contribution in [3.63, 3.8) is 0 Å². The Morgan fingerprint density at radius 1 is 1.16 bits per heavy atom. The Kier molecular flexibility index (Phi) is 6.91. The number of rotatable bonds is 5. The number of nitrogens with one attached hydrogen (secondary N) is 2. The van der Waals surface area contributed by atoms with Crippen LogP contribution in [0.1, 0.15) is 11.1 Å². The number of benzene rings is 3.